The van der Waals surface area contributed by atoms with Crippen LogP contribution >= 0.6 is 0 Å². The Morgan fingerprint density at radius 2 is 2.08 bits per heavy atom. The van der Waals surface area contributed by atoms with Gasteiger partial charge in [-0.1, -0.05) is 12.5 Å². The van der Waals surface area contributed by atoms with E-state index < -0.39 is 0 Å². The van der Waals surface area contributed by atoms with Crippen molar-refractivity contribution in [1.29, 1.82) is 0 Å². The molecule has 0 aromatic heterocycles. The van der Waals surface area contributed by atoms with E-state index in [4.69, 9.17) is 5.11 Å². The first-order chi connectivity index (χ1) is 6.16. The first kappa shape index (κ1) is 12.7. The summed E-state index contributed by atoms with van der Waals surface area (Å²) in [6.07, 6.45) is 6.61. The van der Waals surface area contributed by atoms with Crippen molar-refractivity contribution in [3.05, 3.63) is 12.7 Å². The van der Waals surface area contributed by atoms with Gasteiger partial charge in [0.25, 0.3) is 0 Å². The lowest BCUT2D eigenvalue weighted by Gasteiger charge is -2.17. The van der Waals surface area contributed by atoms with Crippen molar-refractivity contribution < 1.29 is 5.11 Å². The van der Waals surface area contributed by atoms with E-state index in [1.165, 1.54) is 19.3 Å². The number of nitrogens with zero attached hydrogens (tertiary/aromatic N) is 1. The molecule has 2 nitrogen and oxygen atoms in total. The Labute approximate surface area is 82.3 Å². The summed E-state index contributed by atoms with van der Waals surface area (Å²) in [5, 5.41) is 9.11. The van der Waals surface area contributed by atoms with E-state index in [-0.39, 0.29) is 6.10 Å². The maximum atomic E-state index is 9.11. The number of likely N-dealkylation sites (N-methyl/N-ethyl adjacent to an activating group) is 1. The Balaban J connectivity index is 3.16. The molecule has 1 N–H and O–H groups in total. The van der Waals surface area contributed by atoms with Crippen LogP contribution in [0.5, 0.6) is 0 Å². The zero-order valence-corrected chi connectivity index (χ0v) is 9.00. The van der Waals surface area contributed by atoms with Crippen molar-refractivity contribution in [2.45, 2.75) is 38.7 Å². The highest BCUT2D eigenvalue weighted by Gasteiger charge is 2.01. The molecule has 1 unspecified atom stereocenters. The fourth-order valence-corrected chi connectivity index (χ4v) is 1.39. The van der Waals surface area contributed by atoms with Crippen LogP contribution in [0.4, 0.5) is 0 Å². The van der Waals surface area contributed by atoms with Crippen LogP contribution in [0.2, 0.25) is 0 Å². The zero-order chi connectivity index (χ0) is 10.1. The summed E-state index contributed by atoms with van der Waals surface area (Å²) < 4.78 is 0. The number of aliphatic hydroxyl groups excluding tert-OH is 1. The molecule has 0 spiro atoms. The molecule has 0 heterocycles. The van der Waals surface area contributed by atoms with Gasteiger partial charge in [0, 0.05) is 6.54 Å². The molecular weight excluding hydrogens is 162 g/mol. The fraction of sp³-hybridized carbons (Fsp3) is 0.818. The van der Waals surface area contributed by atoms with Crippen LogP contribution in [-0.4, -0.2) is 36.2 Å². The molecule has 0 aliphatic heterocycles. The highest BCUT2D eigenvalue weighted by molar-refractivity contribution is 4.65. The Bertz CT molecular complexity index is 123. The fourth-order valence-electron chi connectivity index (χ4n) is 1.39. The van der Waals surface area contributed by atoms with E-state index in [0.29, 0.717) is 0 Å². The van der Waals surface area contributed by atoms with Gasteiger partial charge in [0.05, 0.1) is 6.10 Å². The summed E-state index contributed by atoms with van der Waals surface area (Å²) in [6, 6.07) is 0. The highest BCUT2D eigenvalue weighted by atomic mass is 16.3. The van der Waals surface area contributed by atoms with Crippen LogP contribution in [0.3, 0.4) is 0 Å². The van der Waals surface area contributed by atoms with Crippen LogP contribution in [0.25, 0.3) is 0 Å². The lowest BCUT2D eigenvalue weighted by atomic mass is 10.2. The van der Waals surface area contributed by atoms with Gasteiger partial charge in [0.2, 0.25) is 0 Å². The molecule has 0 saturated carbocycles. The summed E-state index contributed by atoms with van der Waals surface area (Å²) >= 11 is 0. The number of aliphatic hydroxyl groups is 1. The van der Waals surface area contributed by atoms with E-state index in [1.54, 1.807) is 0 Å². The minimum Gasteiger partial charge on any atom is -0.392 e. The first-order valence-electron chi connectivity index (χ1n) is 5.14. The number of hydrogen-bond donors (Lipinski definition) is 1. The second-order valence-electron chi connectivity index (χ2n) is 3.75. The number of hydrogen-bond acceptors (Lipinski definition) is 2. The normalized spacial score (nSPS) is 13.2. The molecule has 0 aliphatic rings. The number of allylic oxidation sites excluding steroid dienone is 1. The van der Waals surface area contributed by atoms with E-state index in [2.05, 4.69) is 18.5 Å². The van der Waals surface area contributed by atoms with Crippen LogP contribution < -0.4 is 0 Å². The standard InChI is InChI=1S/C11H23NO/c1-4-5-6-7-8-9-12(3)10-11(2)13/h4,11,13H,1,5-10H2,2-3H3. The molecule has 0 rings (SSSR count). The summed E-state index contributed by atoms with van der Waals surface area (Å²) in [7, 11) is 2.06. The average molecular weight is 185 g/mol. The minimum absolute atomic E-state index is 0.210. The van der Waals surface area contributed by atoms with Gasteiger partial charge in [-0.25, -0.2) is 0 Å². The average Bonchev–Trinajstić information content (AvgIpc) is 2.02. The Morgan fingerprint density at radius 3 is 2.62 bits per heavy atom. The number of rotatable bonds is 8. The predicted octanol–water partition coefficient (Wildman–Crippen LogP) is 2.05. The Morgan fingerprint density at radius 1 is 1.38 bits per heavy atom. The van der Waals surface area contributed by atoms with Crippen molar-refractivity contribution in [2.75, 3.05) is 20.1 Å². The second-order valence-corrected chi connectivity index (χ2v) is 3.75. The molecule has 0 radical (unpaired) electrons. The third-order valence-electron chi connectivity index (χ3n) is 2.02. The van der Waals surface area contributed by atoms with Gasteiger partial charge < -0.3 is 10.0 Å². The molecule has 78 valence electrons. The largest absolute Gasteiger partial charge is 0.392 e. The van der Waals surface area contributed by atoms with Crippen LogP contribution in [0.15, 0.2) is 12.7 Å². The molecule has 0 fully saturated rings. The summed E-state index contributed by atoms with van der Waals surface area (Å²) in [5.41, 5.74) is 0. The maximum Gasteiger partial charge on any atom is 0.0638 e. The summed E-state index contributed by atoms with van der Waals surface area (Å²) in [5.74, 6) is 0. The van der Waals surface area contributed by atoms with Crippen LogP contribution in [0.1, 0.15) is 32.6 Å². The van der Waals surface area contributed by atoms with E-state index in [1.807, 2.05) is 13.0 Å². The monoisotopic (exact) mass is 185 g/mol. The van der Waals surface area contributed by atoms with Gasteiger partial charge >= 0.3 is 0 Å². The third kappa shape index (κ3) is 9.57. The zero-order valence-electron chi connectivity index (χ0n) is 9.00. The van der Waals surface area contributed by atoms with E-state index in [9.17, 15) is 0 Å². The van der Waals surface area contributed by atoms with Gasteiger partial charge in [-0.15, -0.1) is 6.58 Å². The molecular formula is C11H23NO. The molecule has 1 atom stereocenters. The van der Waals surface area contributed by atoms with Crippen molar-refractivity contribution in [3.63, 3.8) is 0 Å². The molecule has 0 aromatic carbocycles. The quantitative estimate of drug-likeness (QED) is 0.462. The number of unbranched alkanes of at least 4 members (excludes halogenated alkanes) is 3. The van der Waals surface area contributed by atoms with Gasteiger partial charge in [-0.3, -0.25) is 0 Å². The third-order valence-corrected chi connectivity index (χ3v) is 2.02. The van der Waals surface area contributed by atoms with Crippen molar-refractivity contribution in [3.8, 4) is 0 Å². The second kappa shape index (κ2) is 8.27. The van der Waals surface area contributed by atoms with Crippen molar-refractivity contribution >= 4 is 0 Å². The van der Waals surface area contributed by atoms with Gasteiger partial charge in [0.15, 0.2) is 0 Å². The molecule has 13 heavy (non-hydrogen) atoms. The van der Waals surface area contributed by atoms with Gasteiger partial charge in [-0.05, 0) is 39.8 Å². The maximum absolute atomic E-state index is 9.11. The minimum atomic E-state index is -0.210. The van der Waals surface area contributed by atoms with Gasteiger partial charge in [-0.2, -0.15) is 0 Å². The SMILES string of the molecule is C=CCCCCCN(C)CC(C)O. The lowest BCUT2D eigenvalue weighted by molar-refractivity contribution is 0.140. The molecule has 0 saturated heterocycles. The molecule has 0 bridgehead atoms. The van der Waals surface area contributed by atoms with Crippen molar-refractivity contribution in [1.82, 2.24) is 4.90 Å². The highest BCUT2D eigenvalue weighted by Crippen LogP contribution is 2.01. The topological polar surface area (TPSA) is 23.5 Å². The Hall–Kier alpha value is -0.340. The van der Waals surface area contributed by atoms with E-state index >= 15 is 0 Å². The molecule has 0 amide bonds. The first-order valence-corrected chi connectivity index (χ1v) is 5.14. The van der Waals surface area contributed by atoms with Crippen LogP contribution in [-0.2, 0) is 0 Å². The van der Waals surface area contributed by atoms with E-state index in [0.717, 1.165) is 19.5 Å². The molecule has 2 heteroatoms. The lowest BCUT2D eigenvalue weighted by Crippen LogP contribution is -2.28. The van der Waals surface area contributed by atoms with Crippen molar-refractivity contribution in [2.24, 2.45) is 0 Å². The summed E-state index contributed by atoms with van der Waals surface area (Å²) in [4.78, 5) is 2.18. The smallest absolute Gasteiger partial charge is 0.0638 e. The van der Waals surface area contributed by atoms with Crippen LogP contribution in [0, 0.1) is 0 Å². The molecule has 0 aliphatic carbocycles. The Kier molecular flexibility index (Phi) is 8.05. The van der Waals surface area contributed by atoms with Gasteiger partial charge in [0.1, 0.15) is 0 Å². The predicted molar refractivity (Wildman–Crippen MR) is 57.8 cm³/mol. The molecule has 0 aromatic rings. The summed E-state index contributed by atoms with van der Waals surface area (Å²) in [6.45, 7) is 7.38.